The Labute approximate surface area is 103 Å². The lowest BCUT2D eigenvalue weighted by Gasteiger charge is -2.19. The average Bonchev–Trinajstić information content (AvgIpc) is 2.42. The third-order valence-corrected chi connectivity index (χ3v) is 4.46. The van der Waals surface area contributed by atoms with Crippen molar-refractivity contribution in [3.05, 3.63) is 0 Å². The largest absolute Gasteiger partial charge is 0.351 e. The first-order valence-electron chi connectivity index (χ1n) is 5.97. The summed E-state index contributed by atoms with van der Waals surface area (Å²) in [7, 11) is -1.02. The van der Waals surface area contributed by atoms with E-state index < -0.39 is 9.84 Å². The molecule has 1 atom stereocenters. The molecule has 0 aliphatic carbocycles. The maximum atomic E-state index is 11.7. The number of amides is 1. The van der Waals surface area contributed by atoms with E-state index >= 15 is 0 Å². The Morgan fingerprint density at radius 3 is 2.59 bits per heavy atom. The van der Waals surface area contributed by atoms with Crippen LogP contribution in [0.5, 0.6) is 0 Å². The van der Waals surface area contributed by atoms with Gasteiger partial charge < -0.3 is 5.32 Å². The second kappa shape index (κ2) is 5.82. The summed E-state index contributed by atoms with van der Waals surface area (Å²) < 4.78 is 22.5. The van der Waals surface area contributed by atoms with Crippen molar-refractivity contribution in [1.29, 1.82) is 0 Å². The van der Waals surface area contributed by atoms with Crippen molar-refractivity contribution in [2.24, 2.45) is 5.92 Å². The fourth-order valence-electron chi connectivity index (χ4n) is 2.12. The molecule has 1 rings (SSSR count). The third kappa shape index (κ3) is 5.50. The van der Waals surface area contributed by atoms with Gasteiger partial charge in [-0.1, -0.05) is 13.8 Å². The minimum atomic E-state index is -2.92. The summed E-state index contributed by atoms with van der Waals surface area (Å²) in [6.45, 7) is 5.38. The molecule has 17 heavy (non-hydrogen) atoms. The van der Waals surface area contributed by atoms with Crippen molar-refractivity contribution in [3.8, 4) is 0 Å². The van der Waals surface area contributed by atoms with Crippen LogP contribution in [0.2, 0.25) is 0 Å². The second-order valence-corrected chi connectivity index (χ2v) is 7.49. The first-order valence-corrected chi connectivity index (χ1v) is 7.79. The van der Waals surface area contributed by atoms with Gasteiger partial charge in [-0.15, -0.1) is 0 Å². The Morgan fingerprint density at radius 1 is 1.47 bits per heavy atom. The predicted molar refractivity (Wildman–Crippen MR) is 67.5 cm³/mol. The van der Waals surface area contributed by atoms with Gasteiger partial charge in [0.25, 0.3) is 0 Å². The van der Waals surface area contributed by atoms with Crippen LogP contribution < -0.4 is 5.32 Å². The van der Waals surface area contributed by atoms with E-state index in [1.807, 2.05) is 11.9 Å². The molecule has 6 heteroatoms. The van der Waals surface area contributed by atoms with Crippen LogP contribution in [-0.2, 0) is 14.6 Å². The van der Waals surface area contributed by atoms with E-state index in [-0.39, 0.29) is 23.5 Å². The number of carbonyl (C=O) groups is 1. The fourth-order valence-corrected chi connectivity index (χ4v) is 3.79. The van der Waals surface area contributed by atoms with E-state index in [1.54, 1.807) is 0 Å². The van der Waals surface area contributed by atoms with Gasteiger partial charge in [-0.25, -0.2) is 8.42 Å². The lowest BCUT2D eigenvalue weighted by molar-refractivity contribution is -0.122. The Bertz CT molecular complexity index is 365. The third-order valence-electron chi connectivity index (χ3n) is 2.69. The van der Waals surface area contributed by atoms with Crippen LogP contribution in [0.25, 0.3) is 0 Å². The molecule has 0 bridgehead atoms. The number of rotatable bonds is 5. The molecule has 0 aromatic heterocycles. The van der Waals surface area contributed by atoms with Crippen molar-refractivity contribution in [2.75, 3.05) is 31.6 Å². The van der Waals surface area contributed by atoms with Gasteiger partial charge in [0.15, 0.2) is 9.84 Å². The van der Waals surface area contributed by atoms with E-state index in [9.17, 15) is 13.2 Å². The van der Waals surface area contributed by atoms with E-state index in [2.05, 4.69) is 19.2 Å². The van der Waals surface area contributed by atoms with Gasteiger partial charge in [0.05, 0.1) is 18.1 Å². The van der Waals surface area contributed by atoms with Crippen LogP contribution in [-0.4, -0.2) is 56.9 Å². The molecule has 1 N–H and O–H groups in total. The topological polar surface area (TPSA) is 66.5 Å². The summed E-state index contributed by atoms with van der Waals surface area (Å²) in [6.07, 6.45) is 0.544. The molecule has 1 aliphatic rings. The summed E-state index contributed by atoms with van der Waals surface area (Å²) in [5.41, 5.74) is 0. The fraction of sp³-hybridized carbons (Fsp3) is 0.909. The zero-order chi connectivity index (χ0) is 13.1. The van der Waals surface area contributed by atoms with E-state index in [4.69, 9.17) is 0 Å². The van der Waals surface area contributed by atoms with Gasteiger partial charge in [-0.2, -0.15) is 0 Å². The lowest BCUT2D eigenvalue weighted by Crippen LogP contribution is -2.42. The molecular weight excluding hydrogens is 240 g/mol. The number of hydrogen-bond acceptors (Lipinski definition) is 4. The second-order valence-electron chi connectivity index (χ2n) is 5.26. The van der Waals surface area contributed by atoms with Crippen LogP contribution in [0, 0.1) is 5.92 Å². The molecule has 0 spiro atoms. The van der Waals surface area contributed by atoms with E-state index in [0.717, 1.165) is 6.54 Å². The van der Waals surface area contributed by atoms with Gasteiger partial charge in [0, 0.05) is 12.6 Å². The van der Waals surface area contributed by atoms with Crippen molar-refractivity contribution in [1.82, 2.24) is 10.2 Å². The van der Waals surface area contributed by atoms with Crippen LogP contribution in [0.3, 0.4) is 0 Å². The molecule has 5 nitrogen and oxygen atoms in total. The Hall–Kier alpha value is -0.620. The number of nitrogens with zero attached hydrogens (tertiary/aromatic N) is 1. The van der Waals surface area contributed by atoms with Crippen LogP contribution in [0.1, 0.15) is 20.3 Å². The van der Waals surface area contributed by atoms with E-state index in [1.165, 1.54) is 0 Å². The highest BCUT2D eigenvalue weighted by atomic mass is 32.2. The molecule has 1 saturated heterocycles. The van der Waals surface area contributed by atoms with Crippen LogP contribution >= 0.6 is 0 Å². The minimum Gasteiger partial charge on any atom is -0.351 e. The highest BCUT2D eigenvalue weighted by Crippen LogP contribution is 2.11. The van der Waals surface area contributed by atoms with Crippen molar-refractivity contribution in [2.45, 2.75) is 26.3 Å². The number of hydrogen-bond donors (Lipinski definition) is 1. The zero-order valence-corrected chi connectivity index (χ0v) is 11.6. The average molecular weight is 262 g/mol. The zero-order valence-electron chi connectivity index (χ0n) is 10.8. The summed E-state index contributed by atoms with van der Waals surface area (Å²) in [5, 5.41) is 2.78. The quantitative estimate of drug-likeness (QED) is 0.750. The van der Waals surface area contributed by atoms with Crippen molar-refractivity contribution >= 4 is 15.7 Å². The van der Waals surface area contributed by atoms with Gasteiger partial charge in [0.1, 0.15) is 0 Å². The SMILES string of the molecule is CC(C)CN(C)CC(=O)NC1CCS(=O)(=O)C1. The van der Waals surface area contributed by atoms with Gasteiger partial charge in [0.2, 0.25) is 5.91 Å². The molecule has 1 amide bonds. The number of carbonyl (C=O) groups excluding carboxylic acids is 1. The molecule has 0 radical (unpaired) electrons. The van der Waals surface area contributed by atoms with Crippen LogP contribution in [0.15, 0.2) is 0 Å². The molecule has 0 saturated carbocycles. The predicted octanol–water partition coefficient (Wildman–Crippen LogP) is -0.122. The number of sulfone groups is 1. The van der Waals surface area contributed by atoms with Gasteiger partial charge in [-0.05, 0) is 19.4 Å². The van der Waals surface area contributed by atoms with E-state index in [0.29, 0.717) is 18.9 Å². The Morgan fingerprint density at radius 2 is 2.12 bits per heavy atom. The molecule has 1 unspecified atom stereocenters. The molecule has 100 valence electrons. The highest BCUT2D eigenvalue weighted by molar-refractivity contribution is 7.91. The molecule has 1 heterocycles. The van der Waals surface area contributed by atoms with Crippen LogP contribution in [0.4, 0.5) is 0 Å². The maximum Gasteiger partial charge on any atom is 0.234 e. The smallest absolute Gasteiger partial charge is 0.234 e. The first-order chi connectivity index (χ1) is 7.78. The first kappa shape index (κ1) is 14.4. The Balaban J connectivity index is 2.31. The highest BCUT2D eigenvalue weighted by Gasteiger charge is 2.28. The molecule has 0 aromatic rings. The van der Waals surface area contributed by atoms with Gasteiger partial charge in [-0.3, -0.25) is 9.69 Å². The normalized spacial score (nSPS) is 23.2. The van der Waals surface area contributed by atoms with Gasteiger partial charge >= 0.3 is 0 Å². The summed E-state index contributed by atoms with van der Waals surface area (Å²) in [6, 6.07) is -0.194. The molecule has 1 fully saturated rings. The summed E-state index contributed by atoms with van der Waals surface area (Å²) in [5.74, 6) is 0.710. The number of likely N-dealkylation sites (N-methyl/N-ethyl adjacent to an activating group) is 1. The monoisotopic (exact) mass is 262 g/mol. The maximum absolute atomic E-state index is 11.7. The lowest BCUT2D eigenvalue weighted by atomic mass is 10.2. The molecule has 0 aromatic carbocycles. The van der Waals surface area contributed by atoms with Crippen molar-refractivity contribution in [3.63, 3.8) is 0 Å². The molecular formula is C11H22N2O3S. The Kier molecular flexibility index (Phi) is 4.94. The summed E-state index contributed by atoms with van der Waals surface area (Å²) >= 11 is 0. The molecule has 1 aliphatic heterocycles. The standard InChI is InChI=1S/C11H22N2O3S/c1-9(2)6-13(3)7-11(14)12-10-4-5-17(15,16)8-10/h9-10H,4-8H2,1-3H3,(H,12,14). The minimum absolute atomic E-state index is 0.0877. The summed E-state index contributed by atoms with van der Waals surface area (Å²) in [4.78, 5) is 13.6. The van der Waals surface area contributed by atoms with Crippen molar-refractivity contribution < 1.29 is 13.2 Å². The number of nitrogens with one attached hydrogen (secondary N) is 1.